The van der Waals surface area contributed by atoms with Crippen LogP contribution in [0, 0.1) is 6.92 Å². The number of fused-ring (bicyclic) bond motifs is 1. The minimum absolute atomic E-state index is 0.301. The Kier molecular flexibility index (Phi) is 4.61. The molecule has 0 saturated carbocycles. The summed E-state index contributed by atoms with van der Waals surface area (Å²) in [5.74, 6) is -1.29. The van der Waals surface area contributed by atoms with Crippen molar-refractivity contribution in [1.29, 1.82) is 0 Å². The molecule has 1 fully saturated rings. The van der Waals surface area contributed by atoms with Crippen molar-refractivity contribution in [2.45, 2.75) is 19.0 Å². The van der Waals surface area contributed by atoms with Gasteiger partial charge >= 0.3 is 0 Å². The number of β-lactam (4-membered cyclic amide) rings is 1. The monoisotopic (exact) mass is 450 g/mol. The molecule has 0 aromatic heterocycles. The molecule has 31 heavy (non-hydrogen) atoms. The van der Waals surface area contributed by atoms with Crippen molar-refractivity contribution < 1.29 is 14.4 Å². The van der Waals surface area contributed by atoms with E-state index in [0.717, 1.165) is 10.5 Å². The molecule has 2 aliphatic heterocycles. The van der Waals surface area contributed by atoms with Crippen LogP contribution in [0.3, 0.4) is 0 Å². The predicted molar refractivity (Wildman–Crippen MR) is 119 cm³/mol. The zero-order chi connectivity index (χ0) is 21.9. The Morgan fingerprint density at radius 1 is 0.742 bits per heavy atom. The minimum Gasteiger partial charge on any atom is -0.300 e. The Morgan fingerprint density at radius 2 is 1.35 bits per heavy atom. The predicted octanol–water partition coefficient (Wildman–Crippen LogP) is 5.05. The Labute approximate surface area is 188 Å². The topological polar surface area (TPSA) is 57.7 Å². The first-order valence-electron chi connectivity index (χ1n) is 9.70. The number of carbonyl (C=O) groups is 3. The molecule has 2 heterocycles. The molecule has 2 aliphatic rings. The van der Waals surface area contributed by atoms with Crippen LogP contribution >= 0.6 is 23.2 Å². The number of imide groups is 1. The summed E-state index contributed by atoms with van der Waals surface area (Å²) in [6.45, 7) is 1.96. The fraction of sp³-hybridized carbons (Fsp3) is 0.125. The van der Waals surface area contributed by atoms with Gasteiger partial charge in [-0.15, -0.1) is 0 Å². The van der Waals surface area contributed by atoms with Crippen molar-refractivity contribution in [3.05, 3.63) is 99.0 Å². The lowest BCUT2D eigenvalue weighted by molar-refractivity contribution is -0.130. The molecule has 3 aromatic rings. The maximum Gasteiger partial charge on any atom is 0.262 e. The first-order chi connectivity index (χ1) is 14.9. The highest BCUT2D eigenvalue weighted by atomic mass is 35.5. The lowest BCUT2D eigenvalue weighted by Gasteiger charge is -2.50. The van der Waals surface area contributed by atoms with Gasteiger partial charge in [0.05, 0.1) is 17.2 Å². The highest BCUT2D eigenvalue weighted by Gasteiger charge is 2.57. The van der Waals surface area contributed by atoms with E-state index in [4.69, 9.17) is 23.2 Å². The average molecular weight is 451 g/mol. The van der Waals surface area contributed by atoms with Gasteiger partial charge in [-0.25, -0.2) is 0 Å². The summed E-state index contributed by atoms with van der Waals surface area (Å²) >= 11 is 12.6. The summed E-state index contributed by atoms with van der Waals surface area (Å²) in [4.78, 5) is 42.1. The Hall–Kier alpha value is -3.15. The van der Waals surface area contributed by atoms with E-state index >= 15 is 0 Å². The van der Waals surface area contributed by atoms with Gasteiger partial charge in [0.1, 0.15) is 6.04 Å². The maximum atomic E-state index is 13.3. The molecule has 5 nitrogen and oxygen atoms in total. The molecule has 0 bridgehead atoms. The number of hydrogen-bond donors (Lipinski definition) is 0. The van der Waals surface area contributed by atoms with Crippen molar-refractivity contribution >= 4 is 46.6 Å². The average Bonchev–Trinajstić information content (AvgIpc) is 2.99. The molecule has 3 amide bonds. The quantitative estimate of drug-likeness (QED) is 0.414. The van der Waals surface area contributed by atoms with Gasteiger partial charge < -0.3 is 4.90 Å². The first-order valence-corrected chi connectivity index (χ1v) is 10.5. The minimum atomic E-state index is -0.993. The lowest BCUT2D eigenvalue weighted by atomic mass is 9.86. The van der Waals surface area contributed by atoms with E-state index in [1.165, 1.54) is 0 Å². The molecule has 1 saturated heterocycles. The molecule has 154 valence electrons. The van der Waals surface area contributed by atoms with Gasteiger partial charge in [0.25, 0.3) is 17.7 Å². The van der Waals surface area contributed by atoms with Crippen molar-refractivity contribution in [2.75, 3.05) is 4.90 Å². The van der Waals surface area contributed by atoms with Gasteiger partial charge in [-0.1, -0.05) is 59.1 Å². The number of carbonyl (C=O) groups excluding carboxylic acids is 3. The molecule has 5 rings (SSSR count). The summed E-state index contributed by atoms with van der Waals surface area (Å²) in [6, 6.07) is 17.4. The van der Waals surface area contributed by atoms with Crippen molar-refractivity contribution in [3.8, 4) is 0 Å². The fourth-order valence-corrected chi connectivity index (χ4v) is 4.75. The first kappa shape index (κ1) is 19.8. The summed E-state index contributed by atoms with van der Waals surface area (Å²) in [7, 11) is 0. The fourth-order valence-electron chi connectivity index (χ4n) is 4.23. The van der Waals surface area contributed by atoms with Gasteiger partial charge in [0, 0.05) is 15.7 Å². The van der Waals surface area contributed by atoms with E-state index in [1.807, 2.05) is 31.2 Å². The van der Waals surface area contributed by atoms with Crippen LogP contribution in [-0.4, -0.2) is 28.7 Å². The Balaban J connectivity index is 1.61. The van der Waals surface area contributed by atoms with E-state index in [1.54, 1.807) is 47.4 Å². The van der Waals surface area contributed by atoms with E-state index in [2.05, 4.69) is 0 Å². The summed E-state index contributed by atoms with van der Waals surface area (Å²) in [5.41, 5.74) is 2.94. The van der Waals surface area contributed by atoms with Crippen molar-refractivity contribution in [2.24, 2.45) is 0 Å². The Bertz CT molecular complexity index is 1220. The van der Waals surface area contributed by atoms with Crippen LogP contribution in [0.5, 0.6) is 0 Å². The van der Waals surface area contributed by atoms with E-state index < -0.39 is 23.9 Å². The third kappa shape index (κ3) is 2.96. The van der Waals surface area contributed by atoms with Crippen LogP contribution in [-0.2, 0) is 4.79 Å². The largest absolute Gasteiger partial charge is 0.300 e. The van der Waals surface area contributed by atoms with Crippen LogP contribution in [0.4, 0.5) is 5.69 Å². The number of aryl methyl sites for hydroxylation is 1. The molecular formula is C24H16Cl2N2O3. The molecule has 0 N–H and O–H groups in total. The van der Waals surface area contributed by atoms with Crippen LogP contribution in [0.1, 0.15) is 37.9 Å². The lowest BCUT2D eigenvalue weighted by Crippen LogP contribution is -2.67. The number of benzene rings is 3. The van der Waals surface area contributed by atoms with Gasteiger partial charge in [0.15, 0.2) is 0 Å². The van der Waals surface area contributed by atoms with E-state index in [9.17, 15) is 14.4 Å². The second-order valence-corrected chi connectivity index (χ2v) is 8.47. The molecule has 2 atom stereocenters. The second-order valence-electron chi connectivity index (χ2n) is 7.63. The van der Waals surface area contributed by atoms with Gasteiger partial charge in [-0.05, 0) is 48.9 Å². The number of nitrogens with zero attached hydrogens (tertiary/aromatic N) is 2. The molecular weight excluding hydrogens is 435 g/mol. The molecule has 0 aliphatic carbocycles. The van der Waals surface area contributed by atoms with Crippen molar-refractivity contribution in [1.82, 2.24) is 4.90 Å². The number of anilines is 1. The van der Waals surface area contributed by atoms with Crippen LogP contribution in [0.15, 0.2) is 66.7 Å². The highest BCUT2D eigenvalue weighted by molar-refractivity contribution is 6.35. The van der Waals surface area contributed by atoms with Gasteiger partial charge in [-0.2, -0.15) is 0 Å². The standard InChI is InChI=1S/C24H16Cl2N2O3/c1-13-6-9-15(10-7-13)27-20(18-11-8-14(25)12-19(18)26)21(24(27)31)28-22(29)16-4-2-3-5-17(16)23(28)30/h2-12,20-21H,1H3/t20-,21+/m0/s1. The summed E-state index contributed by atoms with van der Waals surface area (Å²) in [6.07, 6.45) is 0. The smallest absolute Gasteiger partial charge is 0.262 e. The Morgan fingerprint density at radius 3 is 1.94 bits per heavy atom. The zero-order valence-electron chi connectivity index (χ0n) is 16.4. The van der Waals surface area contributed by atoms with Gasteiger partial charge in [0.2, 0.25) is 0 Å². The van der Waals surface area contributed by atoms with E-state index in [0.29, 0.717) is 32.4 Å². The SMILES string of the molecule is Cc1ccc(N2C(=O)[C@H](N3C(=O)c4ccccc4C3=O)[C@@H]2c2ccc(Cl)cc2Cl)cc1. The maximum absolute atomic E-state index is 13.3. The van der Waals surface area contributed by atoms with E-state index in [-0.39, 0.29) is 5.91 Å². The highest BCUT2D eigenvalue weighted by Crippen LogP contribution is 2.46. The molecule has 7 heteroatoms. The zero-order valence-corrected chi connectivity index (χ0v) is 17.9. The van der Waals surface area contributed by atoms with Crippen LogP contribution < -0.4 is 4.90 Å². The van der Waals surface area contributed by atoms with Crippen LogP contribution in [0.2, 0.25) is 10.0 Å². The third-order valence-corrected chi connectivity index (χ3v) is 6.33. The number of halogens is 2. The summed E-state index contributed by atoms with van der Waals surface area (Å²) < 4.78 is 0. The molecule has 0 spiro atoms. The second kappa shape index (κ2) is 7.22. The van der Waals surface area contributed by atoms with Crippen molar-refractivity contribution in [3.63, 3.8) is 0 Å². The third-order valence-electron chi connectivity index (χ3n) is 5.76. The molecule has 3 aromatic carbocycles. The normalized spacial score (nSPS) is 20.2. The van der Waals surface area contributed by atoms with Crippen LogP contribution in [0.25, 0.3) is 0 Å². The number of rotatable bonds is 3. The number of hydrogen-bond acceptors (Lipinski definition) is 3. The molecule has 0 radical (unpaired) electrons. The molecule has 0 unspecified atom stereocenters. The summed E-state index contributed by atoms with van der Waals surface area (Å²) in [5, 5.41) is 0.822. The van der Waals surface area contributed by atoms with Gasteiger partial charge in [-0.3, -0.25) is 19.3 Å². The number of amides is 3.